The fraction of sp³-hybridized carbons (Fsp3) is 0. The maximum atomic E-state index is 12.3. The highest BCUT2D eigenvalue weighted by atomic mass is 35.5. The van der Waals surface area contributed by atoms with Gasteiger partial charge in [0.1, 0.15) is 0 Å². The lowest BCUT2D eigenvalue weighted by Crippen LogP contribution is -2.11. The molecule has 4 rings (SSSR count). The molecular weight excluding hydrogens is 346 g/mol. The van der Waals surface area contributed by atoms with Crippen molar-refractivity contribution in [3.63, 3.8) is 0 Å². The molecule has 1 amide bonds. The minimum Gasteiger partial charge on any atom is -0.322 e. The van der Waals surface area contributed by atoms with Crippen LogP contribution >= 0.6 is 11.6 Å². The summed E-state index contributed by atoms with van der Waals surface area (Å²) in [6.45, 7) is 0. The van der Waals surface area contributed by atoms with Gasteiger partial charge in [0.25, 0.3) is 5.91 Å². The highest BCUT2D eigenvalue weighted by Crippen LogP contribution is 2.22. The lowest BCUT2D eigenvalue weighted by molar-refractivity contribution is 0.102. The molecule has 0 fully saturated rings. The van der Waals surface area contributed by atoms with Crippen molar-refractivity contribution in [1.29, 1.82) is 0 Å². The molecule has 26 heavy (non-hydrogen) atoms. The van der Waals surface area contributed by atoms with E-state index < -0.39 is 0 Å². The van der Waals surface area contributed by atoms with Crippen molar-refractivity contribution < 1.29 is 4.79 Å². The maximum absolute atomic E-state index is 12.3. The van der Waals surface area contributed by atoms with Crippen LogP contribution in [-0.4, -0.2) is 15.9 Å². The van der Waals surface area contributed by atoms with Gasteiger partial charge in [-0.3, -0.25) is 4.79 Å². The molecule has 0 aliphatic rings. The van der Waals surface area contributed by atoms with E-state index in [-0.39, 0.29) is 5.91 Å². The quantitative estimate of drug-likeness (QED) is 0.546. The van der Waals surface area contributed by atoms with E-state index in [1.54, 1.807) is 30.5 Å². The van der Waals surface area contributed by atoms with Gasteiger partial charge < -0.3 is 5.32 Å². The normalized spacial score (nSPS) is 10.7. The van der Waals surface area contributed by atoms with E-state index in [2.05, 4.69) is 15.3 Å². The zero-order valence-electron chi connectivity index (χ0n) is 13.7. The van der Waals surface area contributed by atoms with Crippen LogP contribution in [0.3, 0.4) is 0 Å². The Labute approximate surface area is 155 Å². The molecule has 4 aromatic rings. The predicted octanol–water partition coefficient (Wildman–Crippen LogP) is 5.20. The van der Waals surface area contributed by atoms with Gasteiger partial charge in [-0.05, 0) is 60.7 Å². The number of benzene rings is 2. The Kier molecular flexibility index (Phi) is 4.33. The molecule has 2 aromatic carbocycles. The summed E-state index contributed by atoms with van der Waals surface area (Å²) >= 11 is 5.85. The molecule has 4 nitrogen and oxygen atoms in total. The minimum atomic E-state index is -0.178. The summed E-state index contributed by atoms with van der Waals surface area (Å²) < 4.78 is 0. The summed E-state index contributed by atoms with van der Waals surface area (Å²) in [7, 11) is 0. The van der Waals surface area contributed by atoms with Crippen LogP contribution in [0.2, 0.25) is 5.02 Å². The van der Waals surface area contributed by atoms with Gasteiger partial charge in [0, 0.05) is 33.4 Å². The molecule has 0 saturated carbocycles. The number of amides is 1. The van der Waals surface area contributed by atoms with E-state index in [1.807, 2.05) is 48.5 Å². The Balaban J connectivity index is 1.54. The van der Waals surface area contributed by atoms with Crippen molar-refractivity contribution in [3.8, 4) is 11.3 Å². The molecule has 2 heterocycles. The SMILES string of the molecule is O=C(Nc1ccc(-c2ccc3cccnc3n2)cc1)c1ccc(Cl)cc1. The Hall–Kier alpha value is -3.24. The molecule has 1 N–H and O–H groups in total. The fourth-order valence-corrected chi connectivity index (χ4v) is 2.77. The zero-order chi connectivity index (χ0) is 17.9. The van der Waals surface area contributed by atoms with Gasteiger partial charge in [-0.1, -0.05) is 23.7 Å². The summed E-state index contributed by atoms with van der Waals surface area (Å²) in [6, 6.07) is 22.2. The van der Waals surface area contributed by atoms with Crippen LogP contribution < -0.4 is 5.32 Å². The van der Waals surface area contributed by atoms with Crippen LogP contribution in [0, 0.1) is 0 Å². The molecule has 0 saturated heterocycles. The third kappa shape index (κ3) is 3.41. The Bertz CT molecular complexity index is 1080. The molecule has 2 aromatic heterocycles. The number of nitrogens with zero attached hydrogens (tertiary/aromatic N) is 2. The average Bonchev–Trinajstić information content (AvgIpc) is 2.68. The summed E-state index contributed by atoms with van der Waals surface area (Å²) in [5.41, 5.74) is 3.78. The molecule has 0 atom stereocenters. The standard InChI is InChI=1S/C21H14ClN3O/c22-17-8-3-16(4-9-17)21(26)24-18-10-5-14(6-11-18)19-12-7-15-2-1-13-23-20(15)25-19/h1-13H,(H,24,26). The second-order valence-electron chi connectivity index (χ2n) is 5.78. The van der Waals surface area contributed by atoms with Gasteiger partial charge in [-0.25, -0.2) is 9.97 Å². The lowest BCUT2D eigenvalue weighted by atomic mass is 10.1. The Morgan fingerprint density at radius 3 is 2.42 bits per heavy atom. The van der Waals surface area contributed by atoms with Gasteiger partial charge in [0.15, 0.2) is 5.65 Å². The van der Waals surface area contributed by atoms with Crippen LogP contribution in [-0.2, 0) is 0 Å². The first-order chi connectivity index (χ1) is 12.7. The maximum Gasteiger partial charge on any atom is 0.255 e. The van der Waals surface area contributed by atoms with E-state index in [1.165, 1.54) is 0 Å². The predicted molar refractivity (Wildman–Crippen MR) is 104 cm³/mol. The number of carbonyl (C=O) groups excluding carboxylic acids is 1. The molecule has 0 unspecified atom stereocenters. The molecule has 126 valence electrons. The van der Waals surface area contributed by atoms with Crippen molar-refractivity contribution in [2.24, 2.45) is 0 Å². The summed E-state index contributed by atoms with van der Waals surface area (Å²) in [4.78, 5) is 21.1. The summed E-state index contributed by atoms with van der Waals surface area (Å²) in [6.07, 6.45) is 1.73. The van der Waals surface area contributed by atoms with E-state index in [0.717, 1.165) is 16.6 Å². The number of hydrogen-bond acceptors (Lipinski definition) is 3. The fourth-order valence-electron chi connectivity index (χ4n) is 2.64. The first-order valence-corrected chi connectivity index (χ1v) is 8.46. The highest BCUT2D eigenvalue weighted by Gasteiger charge is 2.07. The van der Waals surface area contributed by atoms with Crippen LogP contribution in [0.1, 0.15) is 10.4 Å². The van der Waals surface area contributed by atoms with Crippen LogP contribution in [0.15, 0.2) is 79.0 Å². The zero-order valence-corrected chi connectivity index (χ0v) is 14.4. The van der Waals surface area contributed by atoms with Crippen molar-refractivity contribution >= 4 is 34.2 Å². The summed E-state index contributed by atoms with van der Waals surface area (Å²) in [5, 5.41) is 4.47. The summed E-state index contributed by atoms with van der Waals surface area (Å²) in [5.74, 6) is -0.178. The number of halogens is 1. The van der Waals surface area contributed by atoms with Crippen molar-refractivity contribution in [2.45, 2.75) is 0 Å². The average molecular weight is 360 g/mol. The number of aromatic nitrogens is 2. The minimum absolute atomic E-state index is 0.178. The van der Waals surface area contributed by atoms with Crippen LogP contribution in [0.25, 0.3) is 22.3 Å². The number of rotatable bonds is 3. The number of carbonyl (C=O) groups is 1. The molecule has 0 spiro atoms. The molecule has 0 aliphatic carbocycles. The largest absolute Gasteiger partial charge is 0.322 e. The molecule has 5 heteroatoms. The van der Waals surface area contributed by atoms with Gasteiger partial charge in [0.05, 0.1) is 5.69 Å². The Morgan fingerprint density at radius 2 is 1.65 bits per heavy atom. The molecule has 0 bridgehead atoms. The topological polar surface area (TPSA) is 54.9 Å². The van der Waals surface area contributed by atoms with Crippen molar-refractivity contribution in [1.82, 2.24) is 9.97 Å². The van der Waals surface area contributed by atoms with Crippen LogP contribution in [0.5, 0.6) is 0 Å². The third-order valence-corrected chi connectivity index (χ3v) is 4.26. The monoisotopic (exact) mass is 359 g/mol. The first kappa shape index (κ1) is 16.2. The van der Waals surface area contributed by atoms with E-state index in [9.17, 15) is 4.79 Å². The van der Waals surface area contributed by atoms with E-state index >= 15 is 0 Å². The van der Waals surface area contributed by atoms with Crippen molar-refractivity contribution in [2.75, 3.05) is 5.32 Å². The molecule has 0 aliphatic heterocycles. The van der Waals surface area contributed by atoms with Gasteiger partial charge in [-0.2, -0.15) is 0 Å². The highest BCUT2D eigenvalue weighted by molar-refractivity contribution is 6.30. The second kappa shape index (κ2) is 6.94. The van der Waals surface area contributed by atoms with E-state index in [0.29, 0.717) is 21.9 Å². The van der Waals surface area contributed by atoms with Crippen molar-refractivity contribution in [3.05, 3.63) is 89.6 Å². The van der Waals surface area contributed by atoms with Gasteiger partial charge in [0.2, 0.25) is 0 Å². The van der Waals surface area contributed by atoms with Crippen LogP contribution in [0.4, 0.5) is 5.69 Å². The van der Waals surface area contributed by atoms with E-state index in [4.69, 9.17) is 11.6 Å². The number of fused-ring (bicyclic) bond motifs is 1. The molecular formula is C21H14ClN3O. The molecule has 0 radical (unpaired) electrons. The Morgan fingerprint density at radius 1 is 0.885 bits per heavy atom. The number of nitrogens with one attached hydrogen (secondary N) is 1. The third-order valence-electron chi connectivity index (χ3n) is 4.01. The van der Waals surface area contributed by atoms with Gasteiger partial charge >= 0.3 is 0 Å². The number of hydrogen-bond donors (Lipinski definition) is 1. The lowest BCUT2D eigenvalue weighted by Gasteiger charge is -2.07. The second-order valence-corrected chi connectivity index (χ2v) is 6.22. The van der Waals surface area contributed by atoms with Gasteiger partial charge in [-0.15, -0.1) is 0 Å². The number of pyridine rings is 2. The number of anilines is 1. The first-order valence-electron chi connectivity index (χ1n) is 8.08. The smallest absolute Gasteiger partial charge is 0.255 e.